The van der Waals surface area contributed by atoms with Crippen LogP contribution in [0.25, 0.3) is 38.9 Å². The Labute approximate surface area is 233 Å². The quantitative estimate of drug-likeness (QED) is 0.222. The van der Waals surface area contributed by atoms with Crippen molar-refractivity contribution in [2.24, 2.45) is 0 Å². The molecule has 0 radical (unpaired) electrons. The van der Waals surface area contributed by atoms with E-state index in [9.17, 15) is 9.18 Å². The Balaban J connectivity index is 1.58. The third-order valence-electron chi connectivity index (χ3n) is 6.57. The molecule has 0 aliphatic rings. The summed E-state index contributed by atoms with van der Waals surface area (Å²) in [4.78, 5) is 27.3. The molecular formula is C30H24ClFN6O2. The van der Waals surface area contributed by atoms with Crippen LogP contribution in [0.2, 0.25) is 5.15 Å². The zero-order valence-corrected chi connectivity index (χ0v) is 22.7. The van der Waals surface area contributed by atoms with Gasteiger partial charge in [-0.2, -0.15) is 5.10 Å². The highest BCUT2D eigenvalue weighted by atomic mass is 35.5. The molecule has 1 unspecified atom stereocenters. The topological polar surface area (TPSA) is 87.7 Å². The second-order valence-electron chi connectivity index (χ2n) is 9.61. The van der Waals surface area contributed by atoms with E-state index in [0.717, 1.165) is 0 Å². The van der Waals surface area contributed by atoms with Crippen LogP contribution in [0, 0.1) is 5.82 Å². The molecule has 0 amide bonds. The largest absolute Gasteiger partial charge is 0.488 e. The van der Waals surface area contributed by atoms with Crippen molar-refractivity contribution in [3.63, 3.8) is 0 Å². The molecule has 3 aromatic carbocycles. The minimum Gasteiger partial charge on any atom is -0.488 e. The molecule has 0 bridgehead atoms. The highest BCUT2D eigenvalue weighted by molar-refractivity contribution is 6.35. The molecule has 0 saturated carbocycles. The fourth-order valence-corrected chi connectivity index (χ4v) is 4.99. The lowest BCUT2D eigenvalue weighted by Gasteiger charge is -2.19. The fraction of sp³-hybridized carbons (Fsp3) is 0.167. The molecule has 0 spiro atoms. The lowest BCUT2D eigenvalue weighted by Crippen LogP contribution is -2.27. The fourth-order valence-electron chi connectivity index (χ4n) is 4.77. The molecular weight excluding hydrogens is 531 g/mol. The van der Waals surface area contributed by atoms with Gasteiger partial charge in [0.2, 0.25) is 0 Å². The molecule has 6 rings (SSSR count). The summed E-state index contributed by atoms with van der Waals surface area (Å²) in [6, 6.07) is 20.6. The Hall–Kier alpha value is -4.63. The molecule has 0 aliphatic carbocycles. The van der Waals surface area contributed by atoms with E-state index in [-0.39, 0.29) is 22.6 Å². The second kappa shape index (κ2) is 10.2. The first-order valence-corrected chi connectivity index (χ1v) is 13.1. The maximum Gasteiger partial charge on any atom is 0.266 e. The number of nitrogens with zero attached hydrogens (tertiary/aromatic N) is 6. The molecule has 3 heterocycles. The summed E-state index contributed by atoms with van der Waals surface area (Å²) >= 11 is 6.55. The van der Waals surface area contributed by atoms with Crippen molar-refractivity contribution in [3.05, 3.63) is 106 Å². The molecule has 0 saturated heterocycles. The predicted octanol–water partition coefficient (Wildman–Crippen LogP) is 6.38. The predicted molar refractivity (Wildman–Crippen MR) is 153 cm³/mol. The summed E-state index contributed by atoms with van der Waals surface area (Å²) < 4.78 is 23.8. The molecule has 0 fully saturated rings. The number of hydrogen-bond acceptors (Lipinski definition) is 6. The first-order valence-electron chi connectivity index (χ1n) is 12.8. The lowest BCUT2D eigenvalue weighted by atomic mass is 10.1. The van der Waals surface area contributed by atoms with Crippen molar-refractivity contribution >= 4 is 33.5 Å². The molecule has 10 heteroatoms. The van der Waals surface area contributed by atoms with Crippen LogP contribution in [0.15, 0.2) is 83.9 Å². The highest BCUT2D eigenvalue weighted by Gasteiger charge is 2.26. The minimum atomic E-state index is -0.576. The first-order chi connectivity index (χ1) is 19.3. The number of rotatable bonds is 6. The molecule has 8 nitrogen and oxygen atoms in total. The Morgan fingerprint density at radius 2 is 1.70 bits per heavy atom. The molecule has 3 aromatic heterocycles. The van der Waals surface area contributed by atoms with E-state index in [2.05, 4.69) is 9.97 Å². The van der Waals surface area contributed by atoms with Crippen molar-refractivity contribution in [1.82, 2.24) is 29.3 Å². The molecule has 1 atom stereocenters. The van der Waals surface area contributed by atoms with Gasteiger partial charge in [-0.1, -0.05) is 41.9 Å². The van der Waals surface area contributed by atoms with E-state index in [1.807, 2.05) is 63.2 Å². The van der Waals surface area contributed by atoms with Gasteiger partial charge in [-0.05, 0) is 63.2 Å². The van der Waals surface area contributed by atoms with Crippen LogP contribution >= 0.6 is 11.6 Å². The van der Waals surface area contributed by atoms with Gasteiger partial charge in [0.15, 0.2) is 17.2 Å². The van der Waals surface area contributed by atoms with Crippen molar-refractivity contribution in [3.8, 4) is 22.7 Å². The van der Waals surface area contributed by atoms with Crippen LogP contribution in [0.1, 0.15) is 32.6 Å². The monoisotopic (exact) mass is 554 g/mol. The van der Waals surface area contributed by atoms with Gasteiger partial charge in [-0.25, -0.2) is 24.0 Å². The average Bonchev–Trinajstić information content (AvgIpc) is 3.35. The molecule has 0 aliphatic heterocycles. The van der Waals surface area contributed by atoms with Crippen molar-refractivity contribution in [2.75, 3.05) is 0 Å². The van der Waals surface area contributed by atoms with E-state index in [0.29, 0.717) is 44.7 Å². The molecule has 6 aromatic rings. The zero-order chi connectivity index (χ0) is 28.0. The van der Waals surface area contributed by atoms with Gasteiger partial charge in [0.1, 0.15) is 29.0 Å². The lowest BCUT2D eigenvalue weighted by molar-refractivity contribution is 0.231. The number of fused-ring (bicyclic) bond motifs is 2. The van der Waals surface area contributed by atoms with Crippen molar-refractivity contribution in [1.29, 1.82) is 0 Å². The van der Waals surface area contributed by atoms with Crippen LogP contribution < -0.4 is 10.3 Å². The highest BCUT2D eigenvalue weighted by Crippen LogP contribution is 2.35. The second-order valence-corrected chi connectivity index (χ2v) is 9.97. The number of ether oxygens (including phenoxy) is 1. The van der Waals surface area contributed by atoms with Crippen LogP contribution in [0.5, 0.6) is 5.75 Å². The summed E-state index contributed by atoms with van der Waals surface area (Å²) in [5.74, 6) is 0.0712. The van der Waals surface area contributed by atoms with Gasteiger partial charge < -0.3 is 4.74 Å². The van der Waals surface area contributed by atoms with Crippen molar-refractivity contribution < 1.29 is 9.13 Å². The van der Waals surface area contributed by atoms with Gasteiger partial charge in [-0.3, -0.25) is 9.36 Å². The van der Waals surface area contributed by atoms with Crippen LogP contribution in [-0.2, 0) is 0 Å². The van der Waals surface area contributed by atoms with E-state index in [4.69, 9.17) is 26.4 Å². The van der Waals surface area contributed by atoms with Crippen LogP contribution in [0.4, 0.5) is 4.39 Å². The zero-order valence-electron chi connectivity index (χ0n) is 21.9. The van der Waals surface area contributed by atoms with Crippen LogP contribution in [-0.4, -0.2) is 35.4 Å². The minimum absolute atomic E-state index is 0.144. The Bertz CT molecular complexity index is 1940. The third kappa shape index (κ3) is 4.38. The van der Waals surface area contributed by atoms with Crippen LogP contribution in [0.3, 0.4) is 0 Å². The van der Waals surface area contributed by atoms with Gasteiger partial charge in [-0.15, -0.1) is 0 Å². The smallest absolute Gasteiger partial charge is 0.266 e. The number of aromatic nitrogens is 6. The van der Waals surface area contributed by atoms with Gasteiger partial charge in [0, 0.05) is 5.56 Å². The maximum absolute atomic E-state index is 15.0. The summed E-state index contributed by atoms with van der Waals surface area (Å²) in [6.07, 6.45) is 1.16. The first kappa shape index (κ1) is 25.6. The Morgan fingerprint density at radius 1 is 0.950 bits per heavy atom. The summed E-state index contributed by atoms with van der Waals surface area (Å²) in [7, 11) is 0. The Kier molecular flexibility index (Phi) is 6.51. The number of benzene rings is 3. The van der Waals surface area contributed by atoms with E-state index in [1.54, 1.807) is 33.5 Å². The molecule has 200 valence electrons. The van der Waals surface area contributed by atoms with Gasteiger partial charge in [0.25, 0.3) is 5.56 Å². The normalized spacial score (nSPS) is 12.3. The van der Waals surface area contributed by atoms with Gasteiger partial charge in [0.05, 0.1) is 28.1 Å². The number of para-hydroxylation sites is 2. The summed E-state index contributed by atoms with van der Waals surface area (Å²) in [5.41, 5.74) is 2.33. The summed E-state index contributed by atoms with van der Waals surface area (Å²) in [6.45, 7) is 5.54. The molecule has 0 N–H and O–H groups in total. The third-order valence-corrected chi connectivity index (χ3v) is 6.85. The SMILES string of the molecule is CC(C)Oc1ccc(-c2nn(C(C)c3nc4ccccc4c(=O)n3-c3ccccc3)c3ncnc(Cl)c23)cc1F. The Morgan fingerprint density at radius 3 is 2.45 bits per heavy atom. The number of hydrogen-bond donors (Lipinski definition) is 0. The molecule has 40 heavy (non-hydrogen) atoms. The van der Waals surface area contributed by atoms with E-state index >= 15 is 0 Å². The standard InChI is InChI=1S/C30H24ClFN6O2/c1-17(2)40-24-14-13-19(15-22(24)32)26-25-27(31)33-16-34-29(25)38(36-26)18(3)28-35-23-12-8-7-11-21(23)30(39)37(28)20-9-5-4-6-10-20/h4-18H,1-3H3. The van der Waals surface area contributed by atoms with E-state index < -0.39 is 11.9 Å². The number of halogens is 2. The summed E-state index contributed by atoms with van der Waals surface area (Å²) in [5, 5.41) is 5.97. The van der Waals surface area contributed by atoms with E-state index in [1.165, 1.54) is 12.4 Å². The van der Waals surface area contributed by atoms with Gasteiger partial charge >= 0.3 is 0 Å². The average molecular weight is 555 g/mol. The maximum atomic E-state index is 15.0. The van der Waals surface area contributed by atoms with Crippen molar-refractivity contribution in [2.45, 2.75) is 32.9 Å².